The molecule has 0 N–H and O–H groups in total. The monoisotopic (exact) mass is 240 g/mol. The van der Waals surface area contributed by atoms with Crippen molar-refractivity contribution in [3.8, 4) is 11.1 Å². The fraction of sp³-hybridized carbons (Fsp3) is 0.286. The third-order valence-electron chi connectivity index (χ3n) is 3.52. The fourth-order valence-electron chi connectivity index (χ4n) is 2.58. The van der Waals surface area contributed by atoms with Crippen LogP contribution in [-0.2, 0) is 14.1 Å². The highest BCUT2D eigenvalue weighted by atomic mass is 15.3. The number of aromatic nitrogens is 4. The summed E-state index contributed by atoms with van der Waals surface area (Å²) >= 11 is 0. The molecule has 18 heavy (non-hydrogen) atoms. The van der Waals surface area contributed by atoms with Crippen molar-refractivity contribution in [3.63, 3.8) is 0 Å². The van der Waals surface area contributed by atoms with Gasteiger partial charge in [-0.25, -0.2) is 4.98 Å². The number of nitrogens with zero attached hydrogens (tertiary/aromatic N) is 4. The first kappa shape index (κ1) is 11.0. The van der Waals surface area contributed by atoms with E-state index in [1.54, 1.807) is 0 Å². The van der Waals surface area contributed by atoms with E-state index in [0.29, 0.717) is 0 Å². The van der Waals surface area contributed by atoms with Crippen LogP contribution in [0.4, 0.5) is 0 Å². The zero-order valence-corrected chi connectivity index (χ0v) is 11.1. The van der Waals surface area contributed by atoms with Crippen LogP contribution in [-0.4, -0.2) is 19.3 Å². The second kappa shape index (κ2) is 3.70. The molecule has 0 aliphatic heterocycles. The first-order valence-corrected chi connectivity index (χ1v) is 6.00. The van der Waals surface area contributed by atoms with Gasteiger partial charge in [-0.05, 0) is 19.9 Å². The molecule has 92 valence electrons. The van der Waals surface area contributed by atoms with Gasteiger partial charge >= 0.3 is 0 Å². The van der Waals surface area contributed by atoms with Crippen LogP contribution in [0.3, 0.4) is 0 Å². The summed E-state index contributed by atoms with van der Waals surface area (Å²) in [5.74, 6) is 0. The predicted molar refractivity (Wildman–Crippen MR) is 72.4 cm³/mol. The van der Waals surface area contributed by atoms with Crippen LogP contribution in [0, 0.1) is 13.8 Å². The molecular weight excluding hydrogens is 224 g/mol. The van der Waals surface area contributed by atoms with E-state index in [2.05, 4.69) is 40.6 Å². The Morgan fingerprint density at radius 2 is 1.89 bits per heavy atom. The highest BCUT2D eigenvalue weighted by Crippen LogP contribution is 2.32. The quantitative estimate of drug-likeness (QED) is 0.655. The molecular formula is C14H16N4. The van der Waals surface area contributed by atoms with E-state index in [4.69, 9.17) is 0 Å². The molecule has 2 aromatic heterocycles. The minimum atomic E-state index is 1.03. The van der Waals surface area contributed by atoms with E-state index in [0.717, 1.165) is 16.7 Å². The summed E-state index contributed by atoms with van der Waals surface area (Å²) in [4.78, 5) is 4.41. The summed E-state index contributed by atoms with van der Waals surface area (Å²) in [7, 11) is 4.01. The molecule has 0 saturated heterocycles. The van der Waals surface area contributed by atoms with Crippen molar-refractivity contribution in [1.82, 2.24) is 19.3 Å². The molecule has 0 fully saturated rings. The molecule has 0 amide bonds. The van der Waals surface area contributed by atoms with Gasteiger partial charge in [0.25, 0.3) is 0 Å². The normalized spacial score (nSPS) is 11.3. The number of hydrogen-bond acceptors (Lipinski definition) is 2. The van der Waals surface area contributed by atoms with Crippen molar-refractivity contribution in [2.24, 2.45) is 14.1 Å². The Kier molecular flexibility index (Phi) is 2.26. The average Bonchev–Trinajstić information content (AvgIpc) is 2.82. The lowest BCUT2D eigenvalue weighted by Gasteiger charge is -2.06. The Morgan fingerprint density at radius 3 is 2.56 bits per heavy atom. The molecule has 2 heterocycles. The first-order valence-electron chi connectivity index (χ1n) is 6.00. The fourth-order valence-corrected chi connectivity index (χ4v) is 2.58. The van der Waals surface area contributed by atoms with Gasteiger partial charge in [-0.1, -0.05) is 12.1 Å². The van der Waals surface area contributed by atoms with Gasteiger partial charge in [0.05, 0.1) is 23.1 Å². The topological polar surface area (TPSA) is 35.6 Å². The van der Waals surface area contributed by atoms with E-state index in [1.807, 2.05) is 31.2 Å². The smallest absolute Gasteiger partial charge is 0.0955 e. The summed E-state index contributed by atoms with van der Waals surface area (Å²) < 4.78 is 4.00. The molecule has 0 radical (unpaired) electrons. The van der Waals surface area contributed by atoms with E-state index in [1.165, 1.54) is 16.8 Å². The molecule has 0 atom stereocenters. The summed E-state index contributed by atoms with van der Waals surface area (Å²) in [6, 6.07) is 6.23. The predicted octanol–water partition coefficient (Wildman–Crippen LogP) is 2.59. The van der Waals surface area contributed by atoms with Crippen molar-refractivity contribution in [2.45, 2.75) is 13.8 Å². The molecule has 0 unspecified atom stereocenters. The Bertz CT molecular complexity index is 734. The van der Waals surface area contributed by atoms with Crippen LogP contribution >= 0.6 is 0 Å². The highest BCUT2D eigenvalue weighted by Gasteiger charge is 2.15. The second-order valence-corrected chi connectivity index (χ2v) is 4.70. The maximum atomic E-state index is 4.49. The lowest BCUT2D eigenvalue weighted by atomic mass is 10.0. The van der Waals surface area contributed by atoms with Gasteiger partial charge in [0.2, 0.25) is 0 Å². The summed E-state index contributed by atoms with van der Waals surface area (Å²) in [5.41, 5.74) is 6.85. The number of fused-ring (bicyclic) bond motifs is 1. The third kappa shape index (κ3) is 1.38. The van der Waals surface area contributed by atoms with Gasteiger partial charge < -0.3 is 4.57 Å². The SMILES string of the molecule is Cc1nn(C)c(C)c1-c1cccc2ncn(C)c12. The van der Waals surface area contributed by atoms with E-state index >= 15 is 0 Å². The van der Waals surface area contributed by atoms with Gasteiger partial charge in [-0.3, -0.25) is 4.68 Å². The molecule has 3 aromatic rings. The van der Waals surface area contributed by atoms with Crippen molar-refractivity contribution >= 4 is 11.0 Å². The lowest BCUT2D eigenvalue weighted by molar-refractivity contribution is 0.731. The van der Waals surface area contributed by atoms with Crippen molar-refractivity contribution in [1.29, 1.82) is 0 Å². The van der Waals surface area contributed by atoms with Crippen LogP contribution in [0.2, 0.25) is 0 Å². The van der Waals surface area contributed by atoms with Crippen molar-refractivity contribution < 1.29 is 0 Å². The van der Waals surface area contributed by atoms with Crippen LogP contribution < -0.4 is 0 Å². The summed E-state index contributed by atoms with van der Waals surface area (Å²) in [6.07, 6.45) is 1.86. The molecule has 4 nitrogen and oxygen atoms in total. The number of aryl methyl sites for hydroxylation is 3. The van der Waals surface area contributed by atoms with Gasteiger partial charge in [-0.15, -0.1) is 0 Å². The Hall–Kier alpha value is -2.10. The first-order chi connectivity index (χ1) is 8.59. The molecule has 0 aliphatic rings. The molecule has 0 bridgehead atoms. The van der Waals surface area contributed by atoms with Crippen LogP contribution in [0.5, 0.6) is 0 Å². The number of rotatable bonds is 1. The Morgan fingerprint density at radius 1 is 1.11 bits per heavy atom. The molecule has 4 heteroatoms. The number of hydrogen-bond donors (Lipinski definition) is 0. The maximum Gasteiger partial charge on any atom is 0.0955 e. The lowest BCUT2D eigenvalue weighted by Crippen LogP contribution is -1.93. The minimum Gasteiger partial charge on any atom is -0.333 e. The summed E-state index contributed by atoms with van der Waals surface area (Å²) in [5, 5.41) is 4.49. The van der Waals surface area contributed by atoms with Gasteiger partial charge in [-0.2, -0.15) is 5.10 Å². The zero-order chi connectivity index (χ0) is 12.9. The Balaban J connectivity index is 2.41. The van der Waals surface area contributed by atoms with Gasteiger partial charge in [0.1, 0.15) is 0 Å². The number of imidazole rings is 1. The molecule has 1 aromatic carbocycles. The van der Waals surface area contributed by atoms with Crippen LogP contribution in [0.15, 0.2) is 24.5 Å². The molecule has 0 aliphatic carbocycles. The largest absolute Gasteiger partial charge is 0.333 e. The molecule has 0 saturated carbocycles. The van der Waals surface area contributed by atoms with E-state index in [9.17, 15) is 0 Å². The molecule has 0 spiro atoms. The van der Waals surface area contributed by atoms with Crippen LogP contribution in [0.1, 0.15) is 11.4 Å². The van der Waals surface area contributed by atoms with E-state index < -0.39 is 0 Å². The van der Waals surface area contributed by atoms with E-state index in [-0.39, 0.29) is 0 Å². The maximum absolute atomic E-state index is 4.49. The number of benzene rings is 1. The second-order valence-electron chi connectivity index (χ2n) is 4.70. The third-order valence-corrected chi connectivity index (χ3v) is 3.52. The minimum absolute atomic E-state index is 1.03. The van der Waals surface area contributed by atoms with Gasteiger partial charge in [0, 0.05) is 30.9 Å². The Labute approximate surface area is 106 Å². The van der Waals surface area contributed by atoms with Crippen molar-refractivity contribution in [3.05, 3.63) is 35.9 Å². The standard InChI is InChI=1S/C14H16N4/c1-9-13(10(2)18(4)16-9)11-6-5-7-12-14(11)17(3)8-15-12/h5-8H,1-4H3. The summed E-state index contributed by atoms with van der Waals surface area (Å²) in [6.45, 7) is 4.15. The average molecular weight is 240 g/mol. The van der Waals surface area contributed by atoms with Crippen LogP contribution in [0.25, 0.3) is 22.2 Å². The van der Waals surface area contributed by atoms with Crippen molar-refractivity contribution in [2.75, 3.05) is 0 Å². The highest BCUT2D eigenvalue weighted by molar-refractivity contribution is 5.93. The number of para-hydroxylation sites is 1. The zero-order valence-electron chi connectivity index (χ0n) is 11.1. The molecule has 3 rings (SSSR count). The van der Waals surface area contributed by atoms with Gasteiger partial charge in [0.15, 0.2) is 0 Å².